The van der Waals surface area contributed by atoms with Crippen molar-refractivity contribution < 1.29 is 14.3 Å². The Kier molecular flexibility index (Phi) is 8.47. The van der Waals surface area contributed by atoms with Crippen molar-refractivity contribution >= 4 is 11.8 Å². The maximum absolute atomic E-state index is 12.9. The Morgan fingerprint density at radius 3 is 2.00 bits per heavy atom. The van der Waals surface area contributed by atoms with Gasteiger partial charge in [-0.05, 0) is 17.5 Å². The molecule has 2 aromatic carbocycles. The van der Waals surface area contributed by atoms with Gasteiger partial charge in [0.1, 0.15) is 0 Å². The van der Waals surface area contributed by atoms with Crippen molar-refractivity contribution in [2.45, 2.75) is 12.5 Å². The molecule has 7 heteroatoms. The minimum Gasteiger partial charge on any atom is -0.378 e. The van der Waals surface area contributed by atoms with Gasteiger partial charge < -0.3 is 15.0 Å². The molecular formula is C26H34N4O3. The van der Waals surface area contributed by atoms with Crippen LogP contribution >= 0.6 is 0 Å². The van der Waals surface area contributed by atoms with E-state index in [1.54, 1.807) is 0 Å². The number of piperazine rings is 1. The molecule has 2 heterocycles. The summed E-state index contributed by atoms with van der Waals surface area (Å²) in [5.74, 6) is 0.216. The highest BCUT2D eigenvalue weighted by Crippen LogP contribution is 2.18. The minimum atomic E-state index is -0.0615. The predicted molar refractivity (Wildman–Crippen MR) is 128 cm³/mol. The highest BCUT2D eigenvalue weighted by Gasteiger charge is 2.24. The van der Waals surface area contributed by atoms with Crippen molar-refractivity contribution in [2.75, 3.05) is 65.6 Å². The van der Waals surface area contributed by atoms with Crippen LogP contribution in [0.25, 0.3) is 0 Å². The van der Waals surface area contributed by atoms with E-state index in [2.05, 4.69) is 39.4 Å². The largest absolute Gasteiger partial charge is 0.378 e. The molecule has 2 amide bonds. The van der Waals surface area contributed by atoms with Gasteiger partial charge in [0.2, 0.25) is 11.8 Å². The van der Waals surface area contributed by atoms with Gasteiger partial charge in [0.25, 0.3) is 0 Å². The Labute approximate surface area is 196 Å². The van der Waals surface area contributed by atoms with Crippen LogP contribution in [0.2, 0.25) is 0 Å². The molecule has 2 aliphatic heterocycles. The van der Waals surface area contributed by atoms with Gasteiger partial charge in [-0.2, -0.15) is 0 Å². The molecule has 2 saturated heterocycles. The van der Waals surface area contributed by atoms with Gasteiger partial charge in [-0.1, -0.05) is 60.7 Å². The van der Waals surface area contributed by atoms with Crippen LogP contribution in [0, 0.1) is 0 Å². The average molecular weight is 451 g/mol. The van der Waals surface area contributed by atoms with Gasteiger partial charge >= 0.3 is 0 Å². The number of carbonyl (C=O) groups is 2. The standard InChI is InChI=1S/C26H34N4O3/c31-25(27-24(23-9-5-2-6-10-23)19-22-7-3-1-4-8-22)20-28-11-13-29(14-12-28)21-26(32)30-15-17-33-18-16-30/h1-10,24H,11-21H2,(H,27,31)/t24-/m1/s1. The fourth-order valence-electron chi connectivity index (χ4n) is 4.44. The molecule has 0 aromatic heterocycles. The van der Waals surface area contributed by atoms with Crippen LogP contribution in [0.4, 0.5) is 0 Å². The summed E-state index contributed by atoms with van der Waals surface area (Å²) in [5.41, 5.74) is 2.31. The zero-order valence-corrected chi connectivity index (χ0v) is 19.2. The zero-order valence-electron chi connectivity index (χ0n) is 19.2. The van der Waals surface area contributed by atoms with Crippen molar-refractivity contribution in [3.63, 3.8) is 0 Å². The summed E-state index contributed by atoms with van der Waals surface area (Å²) in [6.07, 6.45) is 0.758. The second-order valence-corrected chi connectivity index (χ2v) is 8.77. The molecule has 0 aliphatic carbocycles. The smallest absolute Gasteiger partial charge is 0.236 e. The molecule has 0 spiro atoms. The normalized spacial score (nSPS) is 18.6. The highest BCUT2D eigenvalue weighted by molar-refractivity contribution is 5.79. The molecule has 7 nitrogen and oxygen atoms in total. The topological polar surface area (TPSA) is 65.1 Å². The summed E-state index contributed by atoms with van der Waals surface area (Å²) in [4.78, 5) is 31.6. The molecule has 0 bridgehead atoms. The van der Waals surface area contributed by atoms with Crippen molar-refractivity contribution in [3.05, 3.63) is 71.8 Å². The number of rotatable bonds is 8. The van der Waals surface area contributed by atoms with E-state index in [9.17, 15) is 9.59 Å². The third-order valence-electron chi connectivity index (χ3n) is 6.37. The fraction of sp³-hybridized carbons (Fsp3) is 0.462. The van der Waals surface area contributed by atoms with Gasteiger partial charge in [-0.25, -0.2) is 0 Å². The van der Waals surface area contributed by atoms with Gasteiger partial charge in [0, 0.05) is 39.3 Å². The van der Waals surface area contributed by atoms with E-state index in [0.29, 0.717) is 39.4 Å². The number of ether oxygens (including phenoxy) is 1. The second-order valence-electron chi connectivity index (χ2n) is 8.77. The first-order valence-corrected chi connectivity index (χ1v) is 11.9. The molecule has 0 saturated carbocycles. The lowest BCUT2D eigenvalue weighted by Gasteiger charge is -2.35. The van der Waals surface area contributed by atoms with E-state index in [-0.39, 0.29) is 17.9 Å². The third kappa shape index (κ3) is 7.12. The zero-order chi connectivity index (χ0) is 22.9. The summed E-state index contributed by atoms with van der Waals surface area (Å²) in [6.45, 7) is 6.64. The van der Waals surface area contributed by atoms with Gasteiger partial charge in [-0.3, -0.25) is 19.4 Å². The van der Waals surface area contributed by atoms with Crippen LogP contribution in [0.3, 0.4) is 0 Å². The van der Waals surface area contributed by atoms with E-state index < -0.39 is 0 Å². The molecule has 2 aliphatic rings. The molecular weight excluding hydrogens is 416 g/mol. The Balaban J connectivity index is 1.25. The van der Waals surface area contributed by atoms with Gasteiger partial charge in [0.05, 0.1) is 32.3 Å². The first-order valence-electron chi connectivity index (χ1n) is 11.9. The highest BCUT2D eigenvalue weighted by atomic mass is 16.5. The molecule has 2 aromatic rings. The lowest BCUT2D eigenvalue weighted by Crippen LogP contribution is -2.53. The first-order chi connectivity index (χ1) is 16.2. The first kappa shape index (κ1) is 23.4. The van der Waals surface area contributed by atoms with Crippen molar-refractivity contribution in [2.24, 2.45) is 0 Å². The number of carbonyl (C=O) groups excluding carboxylic acids is 2. The Bertz CT molecular complexity index is 879. The van der Waals surface area contributed by atoms with Crippen LogP contribution < -0.4 is 5.32 Å². The summed E-state index contributed by atoms with van der Waals surface area (Å²) < 4.78 is 5.33. The van der Waals surface area contributed by atoms with E-state index in [4.69, 9.17) is 4.74 Å². The van der Waals surface area contributed by atoms with Crippen LogP contribution in [0.5, 0.6) is 0 Å². The van der Waals surface area contributed by atoms with Crippen LogP contribution in [-0.2, 0) is 20.7 Å². The molecule has 1 atom stereocenters. The maximum atomic E-state index is 12.9. The molecule has 176 valence electrons. The van der Waals surface area contributed by atoms with Crippen molar-refractivity contribution in [1.82, 2.24) is 20.0 Å². The van der Waals surface area contributed by atoms with Gasteiger partial charge in [0.15, 0.2) is 0 Å². The van der Waals surface area contributed by atoms with E-state index >= 15 is 0 Å². The quantitative estimate of drug-likeness (QED) is 0.661. The number of nitrogens with one attached hydrogen (secondary N) is 1. The number of benzene rings is 2. The van der Waals surface area contributed by atoms with Crippen molar-refractivity contribution in [3.8, 4) is 0 Å². The molecule has 0 unspecified atom stereocenters. The number of amides is 2. The number of morpholine rings is 1. The number of hydrogen-bond donors (Lipinski definition) is 1. The summed E-state index contributed by atoms with van der Waals surface area (Å²) >= 11 is 0. The van der Waals surface area contributed by atoms with Gasteiger partial charge in [-0.15, -0.1) is 0 Å². The Hall–Kier alpha value is -2.74. The van der Waals surface area contributed by atoms with Crippen LogP contribution in [0.15, 0.2) is 60.7 Å². The second kappa shape index (κ2) is 11.9. The summed E-state index contributed by atoms with van der Waals surface area (Å²) in [7, 11) is 0. The van der Waals surface area contributed by atoms with Crippen LogP contribution in [-0.4, -0.2) is 92.1 Å². The molecule has 4 rings (SSSR count). The van der Waals surface area contributed by atoms with Crippen LogP contribution in [0.1, 0.15) is 17.2 Å². The molecule has 33 heavy (non-hydrogen) atoms. The average Bonchev–Trinajstić information content (AvgIpc) is 2.86. The molecule has 1 N–H and O–H groups in total. The summed E-state index contributed by atoms with van der Waals surface area (Å²) in [6, 6.07) is 20.4. The lowest BCUT2D eigenvalue weighted by atomic mass is 9.99. The fourth-order valence-corrected chi connectivity index (χ4v) is 4.44. The monoisotopic (exact) mass is 450 g/mol. The SMILES string of the molecule is O=C(CN1CCN(CC(=O)N2CCOCC2)CC1)N[C@H](Cc1ccccc1)c1ccccc1. The predicted octanol–water partition coefficient (Wildman–Crippen LogP) is 1.56. The summed E-state index contributed by atoms with van der Waals surface area (Å²) in [5, 5.41) is 3.25. The number of nitrogens with zero attached hydrogens (tertiary/aromatic N) is 3. The van der Waals surface area contributed by atoms with Crippen molar-refractivity contribution in [1.29, 1.82) is 0 Å². The Morgan fingerprint density at radius 2 is 1.36 bits per heavy atom. The third-order valence-corrected chi connectivity index (χ3v) is 6.37. The number of hydrogen-bond acceptors (Lipinski definition) is 5. The van der Waals surface area contributed by atoms with E-state index in [1.165, 1.54) is 5.56 Å². The van der Waals surface area contributed by atoms with E-state index in [0.717, 1.165) is 38.2 Å². The molecule has 0 radical (unpaired) electrons. The maximum Gasteiger partial charge on any atom is 0.236 e. The van der Waals surface area contributed by atoms with E-state index in [1.807, 2.05) is 41.3 Å². The minimum absolute atomic E-state index is 0.0395. The molecule has 2 fully saturated rings. The lowest BCUT2D eigenvalue weighted by molar-refractivity contribution is -0.137. The Morgan fingerprint density at radius 1 is 0.788 bits per heavy atom.